The fraction of sp³-hybridized carbons (Fsp3) is 0.261. The van der Waals surface area contributed by atoms with E-state index in [0.29, 0.717) is 0 Å². The van der Waals surface area contributed by atoms with Crippen molar-refractivity contribution in [3.05, 3.63) is 108 Å². The van der Waals surface area contributed by atoms with Crippen molar-refractivity contribution in [1.82, 2.24) is 0 Å². The van der Waals surface area contributed by atoms with Crippen LogP contribution in [0.15, 0.2) is 97.1 Å². The van der Waals surface area contributed by atoms with E-state index in [4.69, 9.17) is 0 Å². The first-order valence-corrected chi connectivity index (χ1v) is 25.3. The van der Waals surface area contributed by atoms with Gasteiger partial charge in [0.05, 0.1) is 4.70 Å². The van der Waals surface area contributed by atoms with Gasteiger partial charge in [-0.25, -0.2) is 0 Å². The maximum atomic E-state index is 4.01. The van der Waals surface area contributed by atoms with E-state index in [1.165, 1.54) is 110 Å². The van der Waals surface area contributed by atoms with Crippen LogP contribution < -0.4 is 0 Å². The van der Waals surface area contributed by atoms with Gasteiger partial charge in [-0.2, -0.15) is 0 Å². The van der Waals surface area contributed by atoms with Crippen LogP contribution in [0, 0.1) is 22.9 Å². The molecule has 0 aliphatic carbocycles. The zero-order valence-corrected chi connectivity index (χ0v) is 33.9. The molecule has 2 aromatic heterocycles. The lowest BCUT2D eigenvalue weighted by molar-refractivity contribution is 1.20. The van der Waals surface area contributed by atoms with E-state index in [-0.39, 0.29) is 0 Å². The summed E-state index contributed by atoms with van der Waals surface area (Å²) >= 11 is 3.78. The van der Waals surface area contributed by atoms with E-state index in [9.17, 15) is 0 Å². The smallest absolute Gasteiger partial charge is 0.135 e. The number of fused-ring (bicyclic) bond motifs is 4. The molecule has 0 bridgehead atoms. The Balaban J connectivity index is 1.60. The topological polar surface area (TPSA) is 0 Å². The summed E-state index contributed by atoms with van der Waals surface area (Å²) < 4.78 is 2.62. The van der Waals surface area contributed by atoms with Gasteiger partial charge in [0.1, 0.15) is 16.1 Å². The predicted octanol–water partition coefficient (Wildman–Crippen LogP) is 14.6. The zero-order valence-electron chi connectivity index (χ0n) is 30.3. The molecule has 0 spiro atoms. The lowest BCUT2D eigenvalue weighted by Gasteiger charge is -2.20. The van der Waals surface area contributed by atoms with Crippen molar-refractivity contribution < 1.29 is 0 Å². The molecule has 0 saturated carbocycles. The summed E-state index contributed by atoms with van der Waals surface area (Å²) in [4.78, 5) is 2.60. The van der Waals surface area contributed by atoms with E-state index in [2.05, 4.69) is 162 Å². The maximum Gasteiger partial charge on any atom is 0.138 e. The number of hydrogen-bond acceptors (Lipinski definition) is 2. The van der Waals surface area contributed by atoms with Gasteiger partial charge in [-0.1, -0.05) is 114 Å². The third-order valence-electron chi connectivity index (χ3n) is 11.5. The fourth-order valence-corrected chi connectivity index (χ4v) is 14.6. The Bertz CT molecular complexity index is 2440. The maximum absolute atomic E-state index is 4.01. The summed E-state index contributed by atoms with van der Waals surface area (Å²) in [5.74, 6) is 7.88. The minimum atomic E-state index is -1.71. The highest BCUT2D eigenvalue weighted by molar-refractivity contribution is 7.23. The monoisotopic (exact) mass is 718 g/mol. The van der Waals surface area contributed by atoms with Gasteiger partial charge in [-0.15, -0.1) is 33.8 Å². The van der Waals surface area contributed by atoms with Gasteiger partial charge in [0.15, 0.2) is 0 Å². The minimum absolute atomic E-state index is 1.18. The summed E-state index contributed by atoms with van der Waals surface area (Å²) in [6.45, 7) is 14.1. The summed E-state index contributed by atoms with van der Waals surface area (Å²) in [6.07, 6.45) is 0. The summed E-state index contributed by atoms with van der Waals surface area (Å²) in [5, 5.41) is 7.60. The largest absolute Gasteiger partial charge is 0.138 e. The van der Waals surface area contributed by atoms with Crippen molar-refractivity contribution in [3.8, 4) is 43.8 Å². The highest BCUT2D eigenvalue weighted by atomic mass is 32.1. The molecule has 0 nitrogen and oxygen atoms in total. The molecule has 0 amide bonds. The van der Waals surface area contributed by atoms with Crippen molar-refractivity contribution >= 4 is 80.5 Å². The predicted molar refractivity (Wildman–Crippen MR) is 231 cm³/mol. The first-order chi connectivity index (χ1) is 24.4. The molecule has 0 saturated heterocycles. The Morgan fingerprint density at radius 2 is 0.940 bits per heavy atom. The highest BCUT2D eigenvalue weighted by Gasteiger charge is 2.26. The Labute approximate surface area is 308 Å². The molecule has 7 aromatic rings. The molecule has 0 N–H and O–H groups in total. The van der Waals surface area contributed by atoms with Crippen LogP contribution in [0.25, 0.3) is 62.6 Å². The Morgan fingerprint density at radius 3 is 1.50 bits per heavy atom. The van der Waals surface area contributed by atoms with Gasteiger partial charge >= 0.3 is 0 Å². The second kappa shape index (κ2) is 14.4. The summed E-state index contributed by atoms with van der Waals surface area (Å²) in [5.41, 5.74) is 12.9. The molecule has 250 valence electrons. The molecule has 4 heteroatoms. The molecule has 0 aliphatic heterocycles. The van der Waals surface area contributed by atoms with Crippen molar-refractivity contribution in [2.75, 3.05) is 0 Å². The fourth-order valence-electron chi connectivity index (χ4n) is 7.46. The lowest BCUT2D eigenvalue weighted by atomic mass is 9.93. The molecule has 5 aromatic carbocycles. The minimum Gasteiger partial charge on any atom is -0.135 e. The second-order valence-corrected chi connectivity index (χ2v) is 25.8. The quantitative estimate of drug-likeness (QED) is 0.0834. The molecule has 0 aliphatic rings. The van der Waals surface area contributed by atoms with Gasteiger partial charge in [-0.05, 0) is 111 Å². The summed E-state index contributed by atoms with van der Waals surface area (Å²) in [7, 11) is -3.41. The molecule has 0 unspecified atom stereocenters. The second-order valence-electron chi connectivity index (χ2n) is 13.8. The molecule has 2 heterocycles. The molecule has 0 atom stereocenters. The molecular weight excluding hydrogens is 673 g/mol. The van der Waals surface area contributed by atoms with Crippen LogP contribution >= 0.6 is 22.7 Å². The van der Waals surface area contributed by atoms with E-state index < -0.39 is 16.1 Å². The van der Waals surface area contributed by atoms with Crippen LogP contribution in [0.4, 0.5) is 0 Å². The SMILES string of the molecule is CC[Si](C#Cc1c2cc3sc(-c4ccccc4)cc3cc2cc2c(C#C[Si](CC)(CC)CC)c3sc(-c4ccccc4)cc3cc12)(CC)CC. The van der Waals surface area contributed by atoms with E-state index >= 15 is 0 Å². The average Bonchev–Trinajstić information content (AvgIpc) is 3.80. The zero-order chi connectivity index (χ0) is 34.9. The van der Waals surface area contributed by atoms with Crippen LogP contribution in [-0.4, -0.2) is 16.1 Å². The van der Waals surface area contributed by atoms with Crippen LogP contribution in [0.2, 0.25) is 36.3 Å². The van der Waals surface area contributed by atoms with Crippen molar-refractivity contribution in [3.63, 3.8) is 0 Å². The Kier molecular flexibility index (Phi) is 9.93. The van der Waals surface area contributed by atoms with Crippen LogP contribution in [0.5, 0.6) is 0 Å². The van der Waals surface area contributed by atoms with E-state index in [0.717, 1.165) is 0 Å². The molecule has 50 heavy (non-hydrogen) atoms. The van der Waals surface area contributed by atoms with E-state index in [1.807, 2.05) is 22.7 Å². The van der Waals surface area contributed by atoms with Crippen LogP contribution in [-0.2, 0) is 0 Å². The summed E-state index contributed by atoms with van der Waals surface area (Å²) in [6, 6.07) is 43.3. The normalized spacial score (nSPS) is 12.0. The first-order valence-electron chi connectivity index (χ1n) is 18.5. The van der Waals surface area contributed by atoms with Crippen LogP contribution in [0.1, 0.15) is 52.7 Å². The van der Waals surface area contributed by atoms with Crippen LogP contribution in [0.3, 0.4) is 0 Å². The van der Waals surface area contributed by atoms with Gasteiger partial charge in [0, 0.05) is 31.0 Å². The van der Waals surface area contributed by atoms with Gasteiger partial charge in [0.2, 0.25) is 0 Å². The van der Waals surface area contributed by atoms with Crippen molar-refractivity contribution in [1.29, 1.82) is 0 Å². The molecule has 7 rings (SSSR count). The molecule has 0 fully saturated rings. The van der Waals surface area contributed by atoms with Gasteiger partial charge in [0.25, 0.3) is 0 Å². The number of thiophene rings is 2. The van der Waals surface area contributed by atoms with Crippen molar-refractivity contribution in [2.24, 2.45) is 0 Å². The lowest BCUT2D eigenvalue weighted by Crippen LogP contribution is -2.29. The van der Waals surface area contributed by atoms with Crippen molar-refractivity contribution in [2.45, 2.75) is 77.8 Å². The first kappa shape index (κ1) is 34.5. The Hall–Kier alpha value is -3.91. The molecular formula is C46H46S2Si2. The highest BCUT2D eigenvalue weighted by Crippen LogP contribution is 2.43. The third kappa shape index (κ3) is 6.29. The standard InChI is InChI=1S/C46H46S2Si2/c1-7-49(8-2,9-3)25-23-38-40-32-45-36(30-43(47-45)33-19-15-13-16-20-33)27-35(40)28-42-39(24-26-50(10-4,11-5)12-6)46-37(29-41(38)42)31-44(48-46)34-21-17-14-18-22-34/h13-22,27-32H,7-12H2,1-6H3. The number of hydrogen-bond donors (Lipinski definition) is 0. The third-order valence-corrected chi connectivity index (χ3v) is 23.3. The number of benzene rings is 5. The van der Waals surface area contributed by atoms with E-state index in [1.54, 1.807) is 0 Å². The van der Waals surface area contributed by atoms with Gasteiger partial charge < -0.3 is 0 Å². The Morgan fingerprint density at radius 1 is 0.460 bits per heavy atom. The van der Waals surface area contributed by atoms with Gasteiger partial charge in [-0.3, -0.25) is 0 Å². The number of rotatable bonds is 8. The molecule has 0 radical (unpaired) electrons. The average molecular weight is 719 g/mol.